The highest BCUT2D eigenvalue weighted by molar-refractivity contribution is 6.23. The molecule has 3 aromatic rings. The van der Waals surface area contributed by atoms with E-state index in [2.05, 4.69) is 35.2 Å². The number of ether oxygens (including phenoxy) is 1. The molecule has 8 rings (SSSR count). The van der Waals surface area contributed by atoms with Crippen LogP contribution in [0.15, 0.2) is 54.7 Å². The number of halogens is 3. The van der Waals surface area contributed by atoms with Crippen molar-refractivity contribution < 1.29 is 41.9 Å². The molecule has 0 saturated carbocycles. The quantitative estimate of drug-likeness (QED) is 0.218. The fourth-order valence-electron chi connectivity index (χ4n) is 8.81. The SMILES string of the molecule is [C-]#[N+]c1ccc(N2CCC(C(=O)Nc3ccc(OC4CCN(CCN5CCN(c6ccc7c(c6)C(=O)N(C6CCC(=O)NC6=O)C7=O)CC5)CC4)cn3)CC2)cc1C(F)(F)F. The second kappa shape index (κ2) is 17.5. The Balaban J connectivity index is 0.728. The molecule has 6 heterocycles. The molecule has 4 saturated heterocycles. The summed E-state index contributed by atoms with van der Waals surface area (Å²) in [4.78, 5) is 80.7. The van der Waals surface area contributed by atoms with Crippen molar-refractivity contribution in [3.63, 3.8) is 0 Å². The van der Waals surface area contributed by atoms with Gasteiger partial charge >= 0.3 is 6.18 Å². The number of likely N-dealkylation sites (tertiary alicyclic amines) is 1. The number of imide groups is 2. The van der Waals surface area contributed by atoms with Crippen molar-refractivity contribution in [2.75, 3.05) is 80.6 Å². The third-order valence-corrected chi connectivity index (χ3v) is 12.4. The smallest absolute Gasteiger partial charge is 0.407 e. The topological polar surface area (TPSA) is 152 Å². The molecule has 1 aromatic heterocycles. The van der Waals surface area contributed by atoms with Gasteiger partial charge in [-0.1, -0.05) is 6.07 Å². The molecule has 1 atom stereocenters. The number of nitrogens with one attached hydrogen (secondary N) is 2. The second-order valence-corrected chi connectivity index (χ2v) is 16.1. The van der Waals surface area contributed by atoms with Crippen LogP contribution in [0.2, 0.25) is 0 Å². The van der Waals surface area contributed by atoms with Gasteiger partial charge in [-0.2, -0.15) is 13.2 Å². The minimum absolute atomic E-state index is 0.0441. The lowest BCUT2D eigenvalue weighted by atomic mass is 9.95. The molecule has 0 radical (unpaired) electrons. The third kappa shape index (κ3) is 9.17. The van der Waals surface area contributed by atoms with E-state index in [4.69, 9.17) is 11.3 Å². The summed E-state index contributed by atoms with van der Waals surface area (Å²) in [6.45, 7) is 14.8. The number of benzene rings is 2. The van der Waals surface area contributed by atoms with Gasteiger partial charge in [0.15, 0.2) is 5.69 Å². The van der Waals surface area contributed by atoms with Crippen molar-refractivity contribution in [3.8, 4) is 5.75 Å². The van der Waals surface area contributed by atoms with Crippen molar-refractivity contribution in [2.45, 2.75) is 56.8 Å². The van der Waals surface area contributed by atoms with Crippen LogP contribution in [0, 0.1) is 12.5 Å². The van der Waals surface area contributed by atoms with Crippen molar-refractivity contribution in [2.24, 2.45) is 5.92 Å². The number of alkyl halides is 3. The number of fused-ring (bicyclic) bond motifs is 1. The summed E-state index contributed by atoms with van der Waals surface area (Å²) in [6.07, 6.45) is -0.108. The summed E-state index contributed by atoms with van der Waals surface area (Å²) in [5.74, 6) is -1.52. The summed E-state index contributed by atoms with van der Waals surface area (Å²) >= 11 is 0. The van der Waals surface area contributed by atoms with Crippen LogP contribution >= 0.6 is 0 Å². The van der Waals surface area contributed by atoms with Gasteiger partial charge in [0.2, 0.25) is 17.7 Å². The van der Waals surface area contributed by atoms with Gasteiger partial charge in [0.05, 0.1) is 29.5 Å². The zero-order valence-corrected chi connectivity index (χ0v) is 33.5. The first-order valence-electron chi connectivity index (χ1n) is 20.7. The molecule has 2 aromatic carbocycles. The first-order chi connectivity index (χ1) is 29.3. The predicted octanol–water partition coefficient (Wildman–Crippen LogP) is 4.57. The van der Waals surface area contributed by atoms with Gasteiger partial charge in [-0.15, -0.1) is 0 Å². The van der Waals surface area contributed by atoms with Crippen molar-refractivity contribution in [1.29, 1.82) is 0 Å². The van der Waals surface area contributed by atoms with E-state index in [0.29, 0.717) is 43.2 Å². The summed E-state index contributed by atoms with van der Waals surface area (Å²) < 4.78 is 46.6. The predicted molar refractivity (Wildman–Crippen MR) is 217 cm³/mol. The Morgan fingerprint density at radius 3 is 2.11 bits per heavy atom. The fourth-order valence-corrected chi connectivity index (χ4v) is 8.81. The number of pyridine rings is 1. The number of aromatic nitrogens is 1. The van der Waals surface area contributed by atoms with E-state index in [0.717, 1.165) is 81.9 Å². The van der Waals surface area contributed by atoms with Gasteiger partial charge in [0.1, 0.15) is 23.7 Å². The average Bonchev–Trinajstić information content (AvgIpc) is 3.51. The highest BCUT2D eigenvalue weighted by Gasteiger charge is 2.45. The van der Waals surface area contributed by atoms with Gasteiger partial charge in [0.25, 0.3) is 11.8 Å². The molecular weight excluding hydrogens is 796 g/mol. The van der Waals surface area contributed by atoms with Crippen molar-refractivity contribution in [1.82, 2.24) is 25.0 Å². The molecule has 2 N–H and O–H groups in total. The largest absolute Gasteiger partial charge is 0.489 e. The fraction of sp³-hybridized carbons (Fsp3) is 0.465. The molecule has 15 nitrogen and oxygen atoms in total. The number of hydrogen-bond acceptors (Lipinski definition) is 11. The molecule has 320 valence electrons. The van der Waals surface area contributed by atoms with E-state index < -0.39 is 47.1 Å². The van der Waals surface area contributed by atoms with Crippen LogP contribution in [-0.4, -0.2) is 127 Å². The molecule has 1 unspecified atom stereocenters. The monoisotopic (exact) mass is 841 g/mol. The van der Waals surface area contributed by atoms with E-state index in [1.54, 1.807) is 30.5 Å². The first kappa shape index (κ1) is 41.7. The molecule has 0 spiro atoms. The molecule has 61 heavy (non-hydrogen) atoms. The van der Waals surface area contributed by atoms with Gasteiger partial charge in [-0.3, -0.25) is 39.1 Å². The number of piperazine rings is 1. The van der Waals surface area contributed by atoms with E-state index in [1.807, 2.05) is 11.0 Å². The van der Waals surface area contributed by atoms with Gasteiger partial charge in [0, 0.05) is 89.2 Å². The van der Waals surface area contributed by atoms with Gasteiger partial charge in [-0.05, 0) is 74.6 Å². The zero-order chi connectivity index (χ0) is 42.8. The van der Waals surface area contributed by atoms with Gasteiger partial charge in [-0.25, -0.2) is 9.83 Å². The van der Waals surface area contributed by atoms with Crippen LogP contribution in [-0.2, 0) is 20.6 Å². The molecule has 18 heteroatoms. The van der Waals surface area contributed by atoms with Crippen LogP contribution in [0.25, 0.3) is 4.85 Å². The van der Waals surface area contributed by atoms with Crippen LogP contribution in [0.1, 0.15) is 64.8 Å². The van der Waals surface area contributed by atoms with Crippen LogP contribution in [0.3, 0.4) is 0 Å². The van der Waals surface area contributed by atoms with Crippen molar-refractivity contribution >= 4 is 52.4 Å². The third-order valence-electron chi connectivity index (χ3n) is 12.4. The van der Waals surface area contributed by atoms with Crippen LogP contribution in [0.4, 0.5) is 36.1 Å². The summed E-state index contributed by atoms with van der Waals surface area (Å²) in [5, 5.41) is 5.09. The number of carbonyl (C=O) groups is 5. The number of rotatable bonds is 10. The Hall–Kier alpha value is -6.06. The summed E-state index contributed by atoms with van der Waals surface area (Å²) in [7, 11) is 0. The number of amides is 5. The van der Waals surface area contributed by atoms with Crippen LogP contribution in [0.5, 0.6) is 5.75 Å². The minimum Gasteiger partial charge on any atom is -0.489 e. The number of hydrogen-bond donors (Lipinski definition) is 2. The summed E-state index contributed by atoms with van der Waals surface area (Å²) in [5.41, 5.74) is 0.410. The number of anilines is 3. The van der Waals surface area contributed by atoms with E-state index in [9.17, 15) is 37.1 Å². The maximum atomic E-state index is 13.5. The zero-order valence-electron chi connectivity index (χ0n) is 33.5. The lowest BCUT2D eigenvalue weighted by Gasteiger charge is -2.38. The molecule has 5 aliphatic rings. The number of nitrogens with zero attached hydrogens (tertiary/aromatic N) is 7. The Morgan fingerprint density at radius 2 is 1.46 bits per heavy atom. The molecular formula is C43H46F3N9O6. The summed E-state index contributed by atoms with van der Waals surface area (Å²) in [6, 6.07) is 11.5. The second-order valence-electron chi connectivity index (χ2n) is 16.1. The van der Waals surface area contributed by atoms with Crippen LogP contribution < -0.4 is 25.2 Å². The lowest BCUT2D eigenvalue weighted by molar-refractivity contribution is -0.137. The molecule has 5 aliphatic heterocycles. The number of piperidine rings is 3. The van der Waals surface area contributed by atoms with E-state index in [-0.39, 0.29) is 41.9 Å². The molecule has 4 fully saturated rings. The number of carbonyl (C=O) groups excluding carboxylic acids is 5. The Morgan fingerprint density at radius 1 is 0.803 bits per heavy atom. The van der Waals surface area contributed by atoms with Crippen molar-refractivity contribution in [3.05, 3.63) is 82.8 Å². The Labute approximate surface area is 350 Å². The Kier molecular flexibility index (Phi) is 12.0. The lowest BCUT2D eigenvalue weighted by Crippen LogP contribution is -2.54. The maximum Gasteiger partial charge on any atom is 0.407 e. The molecule has 0 bridgehead atoms. The highest BCUT2D eigenvalue weighted by Crippen LogP contribution is 2.39. The first-order valence-corrected chi connectivity index (χ1v) is 20.7. The van der Waals surface area contributed by atoms with E-state index >= 15 is 0 Å². The highest BCUT2D eigenvalue weighted by atomic mass is 19.4. The molecule has 5 amide bonds. The average molecular weight is 842 g/mol. The molecule has 0 aliphatic carbocycles. The van der Waals surface area contributed by atoms with Gasteiger partial charge < -0.3 is 24.8 Å². The minimum atomic E-state index is -4.62. The normalized spacial score (nSPS) is 21.0. The van der Waals surface area contributed by atoms with E-state index in [1.165, 1.54) is 12.1 Å². The standard InChI is InChI=1S/C43H46F3N9O6/c1-47-35-6-3-29(25-34(35)43(44,45)46)53-16-10-27(11-17-53)39(57)49-37-8-4-31(26-48-37)61-30-12-14-51(15-13-30)18-19-52-20-22-54(23-21-52)28-2-5-32-33(24-28)42(60)55(41(32)59)36-7-9-38(56)50-40(36)58/h2-6,8,24-27,30,36H,7,9-23H2,(H,48,49,57)(H,50,56,58). The maximum absolute atomic E-state index is 13.5. The Bertz CT molecular complexity index is 2220.